The highest BCUT2D eigenvalue weighted by molar-refractivity contribution is 6.30. The SMILES string of the molecule is C[C@@H](Nc1nccc(N2C(=O)NC[C@@H]2[C@@H](C)OC(C)(C)C)n1)c1cc(-c2ccc(Cl)cc2)n[nH]1. The molecular formula is C24H30ClN7O2. The number of rotatable bonds is 7. The van der Waals surface area contributed by atoms with Gasteiger partial charge in [-0.15, -0.1) is 0 Å². The first-order valence-corrected chi connectivity index (χ1v) is 11.6. The van der Waals surface area contributed by atoms with Crippen LogP contribution in [0.15, 0.2) is 42.6 Å². The highest BCUT2D eigenvalue weighted by Crippen LogP contribution is 2.26. The molecule has 0 bridgehead atoms. The summed E-state index contributed by atoms with van der Waals surface area (Å²) in [5.74, 6) is 0.927. The average molecular weight is 484 g/mol. The lowest BCUT2D eigenvalue weighted by Crippen LogP contribution is -2.45. The van der Waals surface area contributed by atoms with Crippen LogP contribution in [0.3, 0.4) is 0 Å². The third kappa shape index (κ3) is 5.48. The normalized spacial score (nSPS) is 18.0. The Morgan fingerprint density at radius 3 is 2.65 bits per heavy atom. The Bertz CT molecular complexity index is 1140. The number of anilines is 2. The molecule has 3 aromatic rings. The molecule has 0 radical (unpaired) electrons. The Hall–Kier alpha value is -3.17. The molecular weight excluding hydrogens is 454 g/mol. The smallest absolute Gasteiger partial charge is 0.323 e. The summed E-state index contributed by atoms with van der Waals surface area (Å²) in [4.78, 5) is 23.2. The van der Waals surface area contributed by atoms with E-state index in [0.717, 1.165) is 17.0 Å². The number of hydrogen-bond acceptors (Lipinski definition) is 6. The number of benzene rings is 1. The van der Waals surface area contributed by atoms with Crippen molar-refractivity contribution in [3.63, 3.8) is 0 Å². The number of carbonyl (C=O) groups is 1. The number of aromatic amines is 1. The van der Waals surface area contributed by atoms with Crippen LogP contribution >= 0.6 is 11.6 Å². The van der Waals surface area contributed by atoms with Gasteiger partial charge in [0.2, 0.25) is 5.95 Å². The minimum atomic E-state index is -0.320. The van der Waals surface area contributed by atoms with Crippen LogP contribution in [-0.2, 0) is 4.74 Å². The van der Waals surface area contributed by atoms with Gasteiger partial charge in [0.25, 0.3) is 0 Å². The second-order valence-electron chi connectivity index (χ2n) is 9.38. The topological polar surface area (TPSA) is 108 Å². The molecule has 1 aromatic carbocycles. The van der Waals surface area contributed by atoms with E-state index in [4.69, 9.17) is 16.3 Å². The zero-order valence-corrected chi connectivity index (χ0v) is 20.7. The number of halogens is 1. The number of hydrogen-bond donors (Lipinski definition) is 3. The van der Waals surface area contributed by atoms with Gasteiger partial charge in [0.05, 0.1) is 35.2 Å². The van der Waals surface area contributed by atoms with Gasteiger partial charge in [-0.1, -0.05) is 23.7 Å². The molecule has 1 aliphatic heterocycles. The van der Waals surface area contributed by atoms with Gasteiger partial charge in [0.1, 0.15) is 5.82 Å². The summed E-state index contributed by atoms with van der Waals surface area (Å²) in [6.45, 7) is 10.4. The molecule has 1 saturated heterocycles. The molecule has 34 heavy (non-hydrogen) atoms. The van der Waals surface area contributed by atoms with Crippen molar-refractivity contribution in [3.8, 4) is 11.3 Å². The van der Waals surface area contributed by atoms with E-state index in [9.17, 15) is 4.79 Å². The monoisotopic (exact) mass is 483 g/mol. The van der Waals surface area contributed by atoms with E-state index in [2.05, 4.69) is 30.8 Å². The van der Waals surface area contributed by atoms with E-state index in [-0.39, 0.29) is 29.8 Å². The summed E-state index contributed by atoms with van der Waals surface area (Å²) >= 11 is 5.98. The van der Waals surface area contributed by atoms with Gasteiger partial charge in [-0.3, -0.25) is 10.00 Å². The van der Waals surface area contributed by atoms with Gasteiger partial charge < -0.3 is 15.4 Å². The van der Waals surface area contributed by atoms with Gasteiger partial charge in [0.15, 0.2) is 0 Å². The molecule has 3 atom stereocenters. The van der Waals surface area contributed by atoms with Crippen LogP contribution in [0.5, 0.6) is 0 Å². The molecule has 2 aromatic heterocycles. The molecule has 3 N–H and O–H groups in total. The fourth-order valence-corrected chi connectivity index (χ4v) is 4.08. The minimum absolute atomic E-state index is 0.143. The second kappa shape index (κ2) is 9.60. The largest absolute Gasteiger partial charge is 0.371 e. The van der Waals surface area contributed by atoms with Crippen molar-refractivity contribution in [2.45, 2.75) is 58.4 Å². The number of amides is 2. The second-order valence-corrected chi connectivity index (χ2v) is 9.82. The maximum atomic E-state index is 12.6. The predicted molar refractivity (Wildman–Crippen MR) is 133 cm³/mol. The summed E-state index contributed by atoms with van der Waals surface area (Å²) in [5.41, 5.74) is 2.34. The summed E-state index contributed by atoms with van der Waals surface area (Å²) in [6, 6.07) is 10.7. The quantitative estimate of drug-likeness (QED) is 0.445. The van der Waals surface area contributed by atoms with Crippen molar-refractivity contribution in [1.29, 1.82) is 0 Å². The maximum Gasteiger partial charge on any atom is 0.323 e. The Kier molecular flexibility index (Phi) is 6.77. The fraction of sp³-hybridized carbons (Fsp3) is 0.417. The van der Waals surface area contributed by atoms with Crippen molar-refractivity contribution in [2.75, 3.05) is 16.8 Å². The first-order chi connectivity index (χ1) is 16.1. The number of aromatic nitrogens is 4. The lowest BCUT2D eigenvalue weighted by atomic mass is 10.1. The van der Waals surface area contributed by atoms with Crippen molar-refractivity contribution in [1.82, 2.24) is 25.5 Å². The number of H-pyrrole nitrogens is 1. The highest BCUT2D eigenvalue weighted by atomic mass is 35.5. The summed E-state index contributed by atoms with van der Waals surface area (Å²) in [6.07, 6.45) is 1.46. The van der Waals surface area contributed by atoms with Crippen LogP contribution in [-0.4, -0.2) is 50.5 Å². The van der Waals surface area contributed by atoms with Crippen LogP contribution in [0.2, 0.25) is 5.02 Å². The molecule has 0 aliphatic carbocycles. The first-order valence-electron chi connectivity index (χ1n) is 11.3. The van der Waals surface area contributed by atoms with E-state index < -0.39 is 0 Å². The molecule has 10 heteroatoms. The first kappa shape index (κ1) is 24.0. The van der Waals surface area contributed by atoms with Gasteiger partial charge in [0, 0.05) is 23.3 Å². The van der Waals surface area contributed by atoms with E-state index in [1.165, 1.54) is 0 Å². The zero-order valence-electron chi connectivity index (χ0n) is 20.0. The molecule has 180 valence electrons. The molecule has 0 spiro atoms. The van der Waals surface area contributed by atoms with E-state index in [1.54, 1.807) is 17.2 Å². The number of ether oxygens (including phenoxy) is 1. The van der Waals surface area contributed by atoms with Crippen LogP contribution in [0.4, 0.5) is 16.6 Å². The third-order valence-corrected chi connectivity index (χ3v) is 5.78. The fourth-order valence-electron chi connectivity index (χ4n) is 3.96. The molecule has 4 rings (SSSR count). The average Bonchev–Trinajstić information content (AvgIpc) is 3.40. The molecule has 2 amide bonds. The van der Waals surface area contributed by atoms with Crippen molar-refractivity contribution in [3.05, 3.63) is 53.3 Å². The van der Waals surface area contributed by atoms with Gasteiger partial charge >= 0.3 is 6.03 Å². The molecule has 0 saturated carbocycles. The van der Waals surface area contributed by atoms with E-state index in [1.807, 2.05) is 65.0 Å². The molecule has 1 fully saturated rings. The number of nitrogens with zero attached hydrogens (tertiary/aromatic N) is 4. The molecule has 0 unspecified atom stereocenters. The Balaban J connectivity index is 1.49. The van der Waals surface area contributed by atoms with Crippen LogP contribution in [0, 0.1) is 0 Å². The lowest BCUT2D eigenvalue weighted by Gasteiger charge is -2.32. The summed E-state index contributed by atoms with van der Waals surface area (Å²) < 4.78 is 6.11. The third-order valence-electron chi connectivity index (χ3n) is 5.53. The molecule has 3 heterocycles. The van der Waals surface area contributed by atoms with Crippen molar-refractivity contribution >= 4 is 29.4 Å². The molecule has 1 aliphatic rings. The zero-order chi connectivity index (χ0) is 24.5. The molecule has 9 nitrogen and oxygen atoms in total. The maximum absolute atomic E-state index is 12.6. The van der Waals surface area contributed by atoms with E-state index in [0.29, 0.717) is 23.3 Å². The Morgan fingerprint density at radius 1 is 1.21 bits per heavy atom. The van der Waals surface area contributed by atoms with Crippen molar-refractivity contribution < 1.29 is 9.53 Å². The standard InChI is InChI=1S/C24H30ClN7O2/c1-14(18-12-19(31-30-18)16-6-8-17(25)9-7-16)28-22-26-11-10-21(29-22)32-20(13-27-23(32)33)15(2)34-24(3,4)5/h6-12,14-15,20H,13H2,1-5H3,(H,27,33)(H,30,31)(H,26,28,29)/t14-,15-,20-/m1/s1. The number of nitrogens with one attached hydrogen (secondary N) is 3. The van der Waals surface area contributed by atoms with Crippen LogP contribution in [0.1, 0.15) is 46.4 Å². The summed E-state index contributed by atoms with van der Waals surface area (Å²) in [5, 5.41) is 14.3. The number of carbonyl (C=O) groups excluding carboxylic acids is 1. The predicted octanol–water partition coefficient (Wildman–Crippen LogP) is 4.80. The minimum Gasteiger partial charge on any atom is -0.371 e. The van der Waals surface area contributed by atoms with Crippen LogP contribution in [0.25, 0.3) is 11.3 Å². The Labute approximate surface area is 204 Å². The lowest BCUT2D eigenvalue weighted by molar-refractivity contribution is -0.0588. The number of urea groups is 1. The van der Waals surface area contributed by atoms with Crippen LogP contribution < -0.4 is 15.5 Å². The van der Waals surface area contributed by atoms with Gasteiger partial charge in [-0.25, -0.2) is 9.78 Å². The van der Waals surface area contributed by atoms with Crippen molar-refractivity contribution in [2.24, 2.45) is 0 Å². The van der Waals surface area contributed by atoms with Gasteiger partial charge in [-0.05, 0) is 58.9 Å². The summed E-state index contributed by atoms with van der Waals surface area (Å²) in [7, 11) is 0. The Morgan fingerprint density at radius 2 is 1.94 bits per heavy atom. The highest BCUT2D eigenvalue weighted by Gasteiger charge is 2.38. The van der Waals surface area contributed by atoms with Gasteiger partial charge in [-0.2, -0.15) is 10.1 Å². The van der Waals surface area contributed by atoms with E-state index >= 15 is 0 Å².